The lowest BCUT2D eigenvalue weighted by atomic mass is 10.2. The molecule has 1 saturated heterocycles. The molecular formula is C12H17BrClN3. The van der Waals surface area contributed by atoms with Crippen LogP contribution in [0.1, 0.15) is 5.56 Å². The van der Waals surface area contributed by atoms with E-state index in [1.807, 2.05) is 12.1 Å². The lowest BCUT2D eigenvalue weighted by Crippen LogP contribution is -2.50. The minimum atomic E-state index is 0.766. The maximum atomic E-state index is 6.06. The van der Waals surface area contributed by atoms with Crippen LogP contribution >= 0.6 is 27.5 Å². The van der Waals surface area contributed by atoms with E-state index in [9.17, 15) is 0 Å². The Bertz CT molecular complexity index is 378. The van der Waals surface area contributed by atoms with Gasteiger partial charge in [-0.15, -0.1) is 0 Å². The number of hydrogen-bond acceptors (Lipinski definition) is 3. The van der Waals surface area contributed by atoms with Crippen LogP contribution < -0.4 is 5.43 Å². The first kappa shape index (κ1) is 13.3. The van der Waals surface area contributed by atoms with E-state index in [2.05, 4.69) is 44.4 Å². The number of nitrogens with one attached hydrogen (secondary N) is 1. The van der Waals surface area contributed by atoms with Crippen molar-refractivity contribution < 1.29 is 0 Å². The van der Waals surface area contributed by atoms with E-state index in [0.29, 0.717) is 0 Å². The van der Waals surface area contributed by atoms with E-state index in [1.165, 1.54) is 5.56 Å². The third-order valence-corrected chi connectivity index (χ3v) is 4.23. The maximum absolute atomic E-state index is 6.06. The van der Waals surface area contributed by atoms with Crippen molar-refractivity contribution in [1.82, 2.24) is 15.3 Å². The monoisotopic (exact) mass is 317 g/mol. The smallest absolute Gasteiger partial charge is 0.0551 e. The fourth-order valence-corrected chi connectivity index (χ4v) is 2.27. The van der Waals surface area contributed by atoms with Gasteiger partial charge in [-0.1, -0.05) is 17.7 Å². The highest BCUT2D eigenvalue weighted by atomic mass is 79.9. The molecule has 17 heavy (non-hydrogen) atoms. The number of rotatable bonds is 3. The summed E-state index contributed by atoms with van der Waals surface area (Å²) in [5.41, 5.74) is 4.64. The van der Waals surface area contributed by atoms with Crippen molar-refractivity contribution in [1.29, 1.82) is 0 Å². The molecule has 1 fully saturated rings. The Morgan fingerprint density at radius 2 is 2.00 bits per heavy atom. The Hall–Kier alpha value is -0.130. The fraction of sp³-hybridized carbons (Fsp3) is 0.500. The second kappa shape index (κ2) is 6.16. The average molecular weight is 319 g/mol. The normalized spacial score (nSPS) is 18.5. The van der Waals surface area contributed by atoms with Gasteiger partial charge in [0.1, 0.15) is 0 Å². The molecule has 0 amide bonds. The van der Waals surface area contributed by atoms with Crippen LogP contribution in [0, 0.1) is 0 Å². The maximum Gasteiger partial charge on any atom is 0.0551 e. The van der Waals surface area contributed by atoms with Gasteiger partial charge in [0.2, 0.25) is 0 Å². The molecule has 5 heteroatoms. The Labute approximate surface area is 116 Å². The van der Waals surface area contributed by atoms with Crippen molar-refractivity contribution in [2.24, 2.45) is 0 Å². The van der Waals surface area contributed by atoms with Crippen molar-refractivity contribution in [2.45, 2.75) is 6.54 Å². The van der Waals surface area contributed by atoms with Gasteiger partial charge in [0.15, 0.2) is 0 Å². The summed E-state index contributed by atoms with van der Waals surface area (Å²) in [6.07, 6.45) is 0. The summed E-state index contributed by atoms with van der Waals surface area (Å²) in [6, 6.07) is 6.07. The molecule has 0 radical (unpaired) electrons. The van der Waals surface area contributed by atoms with Gasteiger partial charge in [-0.2, -0.15) is 0 Å². The zero-order valence-corrected chi connectivity index (χ0v) is 12.3. The van der Waals surface area contributed by atoms with Crippen LogP contribution in [-0.4, -0.2) is 43.1 Å². The standard InChI is InChI=1S/C12H17BrClN3/c1-16-4-6-17(7-5-16)15-9-10-2-3-11(13)12(14)8-10/h2-3,8,15H,4-7,9H2,1H3. The average Bonchev–Trinajstić information content (AvgIpc) is 2.33. The van der Waals surface area contributed by atoms with Gasteiger partial charge in [-0.05, 0) is 40.7 Å². The van der Waals surface area contributed by atoms with Gasteiger partial charge in [0.25, 0.3) is 0 Å². The first-order chi connectivity index (χ1) is 8.15. The quantitative estimate of drug-likeness (QED) is 0.923. The Morgan fingerprint density at radius 1 is 1.29 bits per heavy atom. The van der Waals surface area contributed by atoms with Crippen LogP contribution in [0.2, 0.25) is 5.02 Å². The molecule has 0 atom stereocenters. The molecule has 0 unspecified atom stereocenters. The van der Waals surface area contributed by atoms with Gasteiger partial charge in [0.05, 0.1) is 5.02 Å². The molecular weight excluding hydrogens is 302 g/mol. The third-order valence-electron chi connectivity index (χ3n) is 2.99. The molecule has 94 valence electrons. The molecule has 0 saturated carbocycles. The minimum Gasteiger partial charge on any atom is -0.304 e. The Kier molecular flexibility index (Phi) is 4.82. The summed E-state index contributed by atoms with van der Waals surface area (Å²) in [4.78, 5) is 2.34. The van der Waals surface area contributed by atoms with Crippen molar-refractivity contribution in [3.05, 3.63) is 33.3 Å². The topological polar surface area (TPSA) is 18.5 Å². The molecule has 1 heterocycles. The van der Waals surface area contributed by atoms with Gasteiger partial charge in [-0.25, -0.2) is 5.01 Å². The van der Waals surface area contributed by atoms with Crippen LogP contribution in [0.4, 0.5) is 0 Å². The molecule has 0 bridgehead atoms. The van der Waals surface area contributed by atoms with E-state index in [1.54, 1.807) is 0 Å². The highest BCUT2D eigenvalue weighted by Gasteiger charge is 2.12. The first-order valence-electron chi connectivity index (χ1n) is 5.76. The third kappa shape index (κ3) is 3.93. The van der Waals surface area contributed by atoms with E-state index >= 15 is 0 Å². The SMILES string of the molecule is CN1CCN(NCc2ccc(Br)c(Cl)c2)CC1. The van der Waals surface area contributed by atoms with Gasteiger partial charge in [-0.3, -0.25) is 5.43 Å². The highest BCUT2D eigenvalue weighted by Crippen LogP contribution is 2.23. The molecule has 3 nitrogen and oxygen atoms in total. The molecule has 1 aromatic rings. The van der Waals surface area contributed by atoms with Crippen LogP contribution in [0.5, 0.6) is 0 Å². The van der Waals surface area contributed by atoms with Crippen molar-refractivity contribution in [2.75, 3.05) is 33.2 Å². The van der Waals surface area contributed by atoms with Gasteiger partial charge in [0, 0.05) is 37.2 Å². The van der Waals surface area contributed by atoms with Crippen molar-refractivity contribution in [3.8, 4) is 0 Å². The van der Waals surface area contributed by atoms with Crippen LogP contribution in [0.25, 0.3) is 0 Å². The molecule has 0 spiro atoms. The molecule has 2 rings (SSSR count). The number of piperazine rings is 1. The summed E-state index contributed by atoms with van der Waals surface area (Å²) >= 11 is 9.45. The predicted molar refractivity (Wildman–Crippen MR) is 75.1 cm³/mol. The summed E-state index contributed by atoms with van der Waals surface area (Å²) in [6.45, 7) is 5.21. The second-order valence-electron chi connectivity index (χ2n) is 4.37. The molecule has 1 N–H and O–H groups in total. The first-order valence-corrected chi connectivity index (χ1v) is 6.93. The van der Waals surface area contributed by atoms with Crippen molar-refractivity contribution >= 4 is 27.5 Å². The molecule has 0 aromatic heterocycles. The van der Waals surface area contributed by atoms with Gasteiger partial charge < -0.3 is 4.90 Å². The van der Waals surface area contributed by atoms with E-state index in [4.69, 9.17) is 11.6 Å². The summed E-state index contributed by atoms with van der Waals surface area (Å²) in [5.74, 6) is 0. The number of benzene rings is 1. The Morgan fingerprint density at radius 3 is 2.65 bits per heavy atom. The molecule has 1 aromatic carbocycles. The van der Waals surface area contributed by atoms with Crippen LogP contribution in [0.3, 0.4) is 0 Å². The van der Waals surface area contributed by atoms with Crippen LogP contribution in [0.15, 0.2) is 22.7 Å². The summed E-state index contributed by atoms with van der Waals surface area (Å²) in [7, 11) is 2.16. The second-order valence-corrected chi connectivity index (χ2v) is 5.64. The highest BCUT2D eigenvalue weighted by molar-refractivity contribution is 9.10. The largest absolute Gasteiger partial charge is 0.304 e. The number of hydrogen-bond donors (Lipinski definition) is 1. The number of likely N-dealkylation sites (N-methyl/N-ethyl adjacent to an activating group) is 1. The molecule has 1 aliphatic rings. The Balaban J connectivity index is 1.83. The molecule has 1 aliphatic heterocycles. The lowest BCUT2D eigenvalue weighted by molar-refractivity contribution is 0.102. The fourth-order valence-electron chi connectivity index (χ4n) is 1.82. The lowest BCUT2D eigenvalue weighted by Gasteiger charge is -2.32. The number of nitrogens with zero attached hydrogens (tertiary/aromatic N) is 2. The van der Waals surface area contributed by atoms with E-state index < -0.39 is 0 Å². The summed E-state index contributed by atoms with van der Waals surface area (Å²) in [5, 5.41) is 3.04. The molecule has 0 aliphatic carbocycles. The number of halogens is 2. The summed E-state index contributed by atoms with van der Waals surface area (Å²) < 4.78 is 0.947. The van der Waals surface area contributed by atoms with Crippen molar-refractivity contribution in [3.63, 3.8) is 0 Å². The van der Waals surface area contributed by atoms with E-state index in [0.717, 1.165) is 42.2 Å². The van der Waals surface area contributed by atoms with Crippen LogP contribution in [-0.2, 0) is 6.54 Å². The zero-order valence-electron chi connectivity index (χ0n) is 9.92. The minimum absolute atomic E-state index is 0.766. The van der Waals surface area contributed by atoms with Gasteiger partial charge >= 0.3 is 0 Å². The van der Waals surface area contributed by atoms with E-state index in [-0.39, 0.29) is 0 Å². The predicted octanol–water partition coefficient (Wildman–Crippen LogP) is 2.35. The zero-order chi connectivity index (χ0) is 12.3. The number of hydrazine groups is 1.